The smallest absolute Gasteiger partial charge is 0.309 e. The number of carbonyl (C=O) groups is 2. The SMILES string of the molecule is CCOC1C=C2C[C@@H](C(=O)OC)[C@H]3[C@@H]4CC[C@@H](CCC(=O)O)[C@@]4(C)C[C@H]4OC34[C@@]2(C)C(O)C1. The Bertz CT molecular complexity index is 869. The number of carboxylic acid groups (broad SMARTS) is 1. The van der Waals surface area contributed by atoms with E-state index in [1.807, 2.05) is 6.92 Å². The highest BCUT2D eigenvalue weighted by Gasteiger charge is 2.82. The molecule has 10 atom stereocenters. The van der Waals surface area contributed by atoms with Gasteiger partial charge in [0.2, 0.25) is 0 Å². The van der Waals surface area contributed by atoms with Crippen LogP contribution in [0.3, 0.4) is 0 Å². The molecular weight excluding hydrogens is 424 g/mol. The van der Waals surface area contributed by atoms with E-state index in [0.717, 1.165) is 24.8 Å². The number of methoxy groups -OCH3 is 1. The fourth-order valence-electron chi connectivity index (χ4n) is 8.79. The number of aliphatic carboxylic acids is 1. The Morgan fingerprint density at radius 3 is 2.70 bits per heavy atom. The van der Waals surface area contributed by atoms with Crippen molar-refractivity contribution < 1.29 is 34.0 Å². The summed E-state index contributed by atoms with van der Waals surface area (Å²) in [5.41, 5.74) is -0.126. The molecule has 7 heteroatoms. The first-order chi connectivity index (χ1) is 15.6. The van der Waals surface area contributed by atoms with Crippen molar-refractivity contribution in [1.29, 1.82) is 0 Å². The first kappa shape index (κ1) is 23.3. The van der Waals surface area contributed by atoms with Crippen LogP contribution in [0.25, 0.3) is 0 Å². The lowest BCUT2D eigenvalue weighted by Crippen LogP contribution is -2.65. The Morgan fingerprint density at radius 2 is 2.03 bits per heavy atom. The molecule has 0 amide bonds. The largest absolute Gasteiger partial charge is 0.481 e. The summed E-state index contributed by atoms with van der Waals surface area (Å²) in [4.78, 5) is 24.4. The normalized spacial score (nSPS) is 49.7. The number of aliphatic hydroxyl groups excluding tert-OH is 1. The van der Waals surface area contributed by atoms with Gasteiger partial charge in [-0.05, 0) is 56.3 Å². The maximum atomic E-state index is 13.2. The molecule has 0 aromatic carbocycles. The summed E-state index contributed by atoms with van der Waals surface area (Å²) >= 11 is 0. The average Bonchev–Trinajstić information content (AvgIpc) is 3.38. The van der Waals surface area contributed by atoms with Crippen LogP contribution in [0.5, 0.6) is 0 Å². The fraction of sp³-hybridized carbons (Fsp3) is 0.846. The lowest BCUT2D eigenvalue weighted by molar-refractivity contribution is -0.163. The topological polar surface area (TPSA) is 106 Å². The third-order valence-corrected chi connectivity index (χ3v) is 10.4. The van der Waals surface area contributed by atoms with Crippen molar-refractivity contribution in [3.05, 3.63) is 11.6 Å². The van der Waals surface area contributed by atoms with Crippen LogP contribution in [0, 0.1) is 34.5 Å². The van der Waals surface area contributed by atoms with E-state index in [-0.39, 0.29) is 47.8 Å². The summed E-state index contributed by atoms with van der Waals surface area (Å²) < 4.78 is 17.8. The molecule has 4 aliphatic carbocycles. The van der Waals surface area contributed by atoms with Crippen LogP contribution in [0.4, 0.5) is 0 Å². The van der Waals surface area contributed by atoms with Gasteiger partial charge in [0.15, 0.2) is 0 Å². The summed E-state index contributed by atoms with van der Waals surface area (Å²) in [5.74, 6) is -0.769. The van der Waals surface area contributed by atoms with E-state index in [1.165, 1.54) is 7.11 Å². The minimum absolute atomic E-state index is 0.0340. The zero-order chi connectivity index (χ0) is 23.8. The standard InChI is InChI=1S/C26H38O7/c1-5-32-16-10-15-11-17(23(30)31-4)22-18-8-6-14(7-9-21(28)29)24(18,2)13-20-26(22,33-20)25(15,3)19(27)12-16/h10,14,16-20,22,27H,5-9,11-13H2,1-4H3,(H,28,29)/t14-,16?,17+,18-,19?,20+,22-,24+,25+,26?/m0/s1. The number of hydrogen-bond acceptors (Lipinski definition) is 6. The molecule has 0 radical (unpaired) electrons. The minimum atomic E-state index is -0.753. The van der Waals surface area contributed by atoms with E-state index in [2.05, 4.69) is 19.9 Å². The number of epoxide rings is 1. The second kappa shape index (κ2) is 7.79. The number of carboxylic acids is 1. The van der Waals surface area contributed by atoms with Gasteiger partial charge < -0.3 is 24.4 Å². The third kappa shape index (κ3) is 3.04. The van der Waals surface area contributed by atoms with Gasteiger partial charge in [-0.1, -0.05) is 25.5 Å². The van der Waals surface area contributed by atoms with Gasteiger partial charge in [0, 0.05) is 30.8 Å². The average molecular weight is 463 g/mol. The summed E-state index contributed by atoms with van der Waals surface area (Å²) in [7, 11) is 1.45. The quantitative estimate of drug-likeness (QED) is 0.354. The zero-order valence-electron chi connectivity index (χ0n) is 20.2. The number of rotatable bonds is 6. The molecule has 3 unspecified atom stereocenters. The van der Waals surface area contributed by atoms with Crippen LogP contribution in [0.1, 0.15) is 65.7 Å². The van der Waals surface area contributed by atoms with Crippen molar-refractivity contribution >= 4 is 11.9 Å². The lowest BCUT2D eigenvalue weighted by Gasteiger charge is -2.59. The second-order valence-corrected chi connectivity index (χ2v) is 11.4. The van der Waals surface area contributed by atoms with E-state index >= 15 is 0 Å². The molecule has 1 aliphatic heterocycles. The predicted molar refractivity (Wildman–Crippen MR) is 119 cm³/mol. The number of ether oxygens (including phenoxy) is 3. The van der Waals surface area contributed by atoms with Gasteiger partial charge in [-0.25, -0.2) is 0 Å². The molecule has 0 aromatic rings. The Hall–Kier alpha value is -1.44. The maximum absolute atomic E-state index is 13.2. The van der Waals surface area contributed by atoms with Gasteiger partial charge in [-0.2, -0.15) is 0 Å². The van der Waals surface area contributed by atoms with Crippen molar-refractivity contribution in [3.63, 3.8) is 0 Å². The molecular formula is C26H38O7. The molecule has 5 rings (SSSR count). The Morgan fingerprint density at radius 1 is 1.27 bits per heavy atom. The van der Waals surface area contributed by atoms with Gasteiger partial charge in [0.1, 0.15) is 5.60 Å². The van der Waals surface area contributed by atoms with Gasteiger partial charge in [0.05, 0.1) is 31.3 Å². The number of carbonyl (C=O) groups excluding carboxylic acids is 1. The number of fused-ring (bicyclic) bond motifs is 3. The van der Waals surface area contributed by atoms with Gasteiger partial charge in [0.25, 0.3) is 0 Å². The van der Waals surface area contributed by atoms with E-state index < -0.39 is 23.1 Å². The maximum Gasteiger partial charge on any atom is 0.309 e. The Balaban J connectivity index is 1.56. The van der Waals surface area contributed by atoms with Crippen LogP contribution in [-0.4, -0.2) is 59.8 Å². The second-order valence-electron chi connectivity index (χ2n) is 11.4. The van der Waals surface area contributed by atoms with Crippen LogP contribution in [0.2, 0.25) is 0 Å². The predicted octanol–water partition coefficient (Wildman–Crippen LogP) is 3.34. The molecule has 33 heavy (non-hydrogen) atoms. The van der Waals surface area contributed by atoms with E-state index in [9.17, 15) is 19.8 Å². The van der Waals surface area contributed by atoms with Crippen molar-refractivity contribution in [2.45, 2.75) is 89.6 Å². The molecule has 3 saturated carbocycles. The number of aliphatic hydroxyl groups is 1. The lowest BCUT2D eigenvalue weighted by atomic mass is 9.43. The molecule has 184 valence electrons. The molecule has 1 spiro atoms. The minimum Gasteiger partial charge on any atom is -0.481 e. The molecule has 7 nitrogen and oxygen atoms in total. The Labute approximate surface area is 195 Å². The zero-order valence-corrected chi connectivity index (χ0v) is 20.2. The van der Waals surface area contributed by atoms with Crippen molar-refractivity contribution in [2.75, 3.05) is 13.7 Å². The van der Waals surface area contributed by atoms with Crippen LogP contribution in [0.15, 0.2) is 11.6 Å². The fourth-order valence-corrected chi connectivity index (χ4v) is 8.79. The Kier molecular flexibility index (Phi) is 5.50. The first-order valence-corrected chi connectivity index (χ1v) is 12.6. The van der Waals surface area contributed by atoms with Crippen LogP contribution < -0.4 is 0 Å². The summed E-state index contributed by atoms with van der Waals surface area (Å²) in [6.45, 7) is 6.94. The monoisotopic (exact) mass is 462 g/mol. The van der Waals surface area contributed by atoms with Crippen molar-refractivity contribution in [2.24, 2.45) is 34.5 Å². The summed E-state index contributed by atoms with van der Waals surface area (Å²) in [6, 6.07) is 0. The first-order valence-electron chi connectivity index (χ1n) is 12.6. The van der Waals surface area contributed by atoms with Crippen molar-refractivity contribution in [3.8, 4) is 0 Å². The number of hydrogen-bond donors (Lipinski definition) is 2. The van der Waals surface area contributed by atoms with Gasteiger partial charge in [-0.15, -0.1) is 0 Å². The van der Waals surface area contributed by atoms with E-state index in [4.69, 9.17) is 14.2 Å². The molecule has 1 heterocycles. The molecule has 1 saturated heterocycles. The molecule has 4 fully saturated rings. The molecule has 2 N–H and O–H groups in total. The van der Waals surface area contributed by atoms with Crippen LogP contribution >= 0.6 is 0 Å². The summed E-state index contributed by atoms with van der Waals surface area (Å²) in [6.07, 6.45) is 6.07. The van der Waals surface area contributed by atoms with E-state index in [0.29, 0.717) is 31.8 Å². The molecule has 0 aromatic heterocycles. The van der Waals surface area contributed by atoms with E-state index in [1.54, 1.807) is 0 Å². The highest BCUT2D eigenvalue weighted by Crippen LogP contribution is 2.77. The highest BCUT2D eigenvalue weighted by molar-refractivity contribution is 5.74. The van der Waals surface area contributed by atoms with Crippen LogP contribution in [-0.2, 0) is 23.8 Å². The highest BCUT2D eigenvalue weighted by atomic mass is 16.6. The summed E-state index contributed by atoms with van der Waals surface area (Å²) in [5, 5.41) is 20.8. The van der Waals surface area contributed by atoms with Gasteiger partial charge >= 0.3 is 11.9 Å². The number of esters is 1. The third-order valence-electron chi connectivity index (χ3n) is 10.4. The van der Waals surface area contributed by atoms with Crippen molar-refractivity contribution in [1.82, 2.24) is 0 Å². The van der Waals surface area contributed by atoms with Gasteiger partial charge in [-0.3, -0.25) is 9.59 Å². The molecule has 5 aliphatic rings. The molecule has 0 bridgehead atoms.